The van der Waals surface area contributed by atoms with Gasteiger partial charge in [0.1, 0.15) is 0 Å². The highest BCUT2D eigenvalue weighted by atomic mass is 19.1. The SMILES string of the molecule is CNC(=O)CNC(=O)C(F)=C(C)C. The van der Waals surface area contributed by atoms with E-state index in [1.54, 1.807) is 0 Å². The molecule has 0 saturated heterocycles. The summed E-state index contributed by atoms with van der Waals surface area (Å²) >= 11 is 0. The van der Waals surface area contributed by atoms with Crippen molar-refractivity contribution in [2.24, 2.45) is 0 Å². The van der Waals surface area contributed by atoms with E-state index in [0.29, 0.717) is 0 Å². The lowest BCUT2D eigenvalue weighted by molar-refractivity contribution is -0.124. The van der Waals surface area contributed by atoms with Crippen LogP contribution in [0.25, 0.3) is 0 Å². The van der Waals surface area contributed by atoms with Crippen LogP contribution < -0.4 is 10.6 Å². The van der Waals surface area contributed by atoms with Gasteiger partial charge in [0.25, 0.3) is 5.91 Å². The van der Waals surface area contributed by atoms with Crippen LogP contribution in [0.15, 0.2) is 11.4 Å². The minimum absolute atomic E-state index is 0.212. The molecule has 0 aromatic heterocycles. The first-order valence-electron chi connectivity index (χ1n) is 3.80. The third-order valence-electron chi connectivity index (χ3n) is 1.33. The molecule has 0 atom stereocenters. The van der Waals surface area contributed by atoms with Gasteiger partial charge in [0.05, 0.1) is 6.54 Å². The number of hydrogen-bond donors (Lipinski definition) is 2. The molecule has 0 aliphatic carbocycles. The number of amides is 2. The Morgan fingerprint density at radius 1 is 1.31 bits per heavy atom. The molecule has 0 aliphatic rings. The van der Waals surface area contributed by atoms with E-state index in [4.69, 9.17) is 0 Å². The molecule has 5 heteroatoms. The van der Waals surface area contributed by atoms with E-state index in [1.807, 2.05) is 0 Å². The van der Waals surface area contributed by atoms with Gasteiger partial charge in [-0.25, -0.2) is 4.39 Å². The zero-order valence-electron chi connectivity index (χ0n) is 7.90. The Balaban J connectivity index is 4.04. The molecule has 74 valence electrons. The standard InChI is InChI=1S/C8H13FN2O2/c1-5(2)7(9)8(13)11-4-6(12)10-3/h4H2,1-3H3,(H,10,12)(H,11,13). The second kappa shape index (κ2) is 5.29. The highest BCUT2D eigenvalue weighted by molar-refractivity contribution is 5.94. The largest absolute Gasteiger partial charge is 0.358 e. The van der Waals surface area contributed by atoms with E-state index in [0.717, 1.165) is 0 Å². The fourth-order valence-corrected chi connectivity index (χ4v) is 0.554. The fraction of sp³-hybridized carbons (Fsp3) is 0.500. The van der Waals surface area contributed by atoms with Crippen LogP contribution in [0.4, 0.5) is 4.39 Å². The Labute approximate surface area is 76.2 Å². The lowest BCUT2D eigenvalue weighted by Crippen LogP contribution is -2.35. The average molecular weight is 188 g/mol. The number of carbonyl (C=O) groups is 2. The maximum atomic E-state index is 12.8. The van der Waals surface area contributed by atoms with E-state index in [1.165, 1.54) is 20.9 Å². The predicted molar refractivity (Wildman–Crippen MR) is 46.6 cm³/mol. The maximum absolute atomic E-state index is 12.8. The Hall–Kier alpha value is -1.39. The Kier molecular flexibility index (Phi) is 4.72. The first-order chi connectivity index (χ1) is 5.99. The molecule has 0 aromatic carbocycles. The molecule has 2 N–H and O–H groups in total. The fourth-order valence-electron chi connectivity index (χ4n) is 0.554. The molecule has 0 aromatic rings. The monoisotopic (exact) mass is 188 g/mol. The maximum Gasteiger partial charge on any atom is 0.280 e. The van der Waals surface area contributed by atoms with Crippen molar-refractivity contribution in [2.75, 3.05) is 13.6 Å². The van der Waals surface area contributed by atoms with Crippen molar-refractivity contribution in [3.63, 3.8) is 0 Å². The molecule has 0 rings (SSSR count). The van der Waals surface area contributed by atoms with Crippen molar-refractivity contribution >= 4 is 11.8 Å². The van der Waals surface area contributed by atoms with Crippen molar-refractivity contribution in [2.45, 2.75) is 13.8 Å². The zero-order valence-corrected chi connectivity index (χ0v) is 7.90. The topological polar surface area (TPSA) is 58.2 Å². The lowest BCUT2D eigenvalue weighted by atomic mass is 10.3. The van der Waals surface area contributed by atoms with Gasteiger partial charge in [0.2, 0.25) is 5.91 Å². The molecule has 0 fully saturated rings. The molecule has 0 aliphatic heterocycles. The summed E-state index contributed by atoms with van der Waals surface area (Å²) in [7, 11) is 1.44. The van der Waals surface area contributed by atoms with Gasteiger partial charge < -0.3 is 10.6 Å². The van der Waals surface area contributed by atoms with Crippen molar-refractivity contribution in [3.8, 4) is 0 Å². The summed E-state index contributed by atoms with van der Waals surface area (Å²) < 4.78 is 12.8. The first kappa shape index (κ1) is 11.6. The highest BCUT2D eigenvalue weighted by Gasteiger charge is 2.10. The van der Waals surface area contributed by atoms with Crippen LogP contribution in [-0.4, -0.2) is 25.4 Å². The number of halogens is 1. The van der Waals surface area contributed by atoms with Gasteiger partial charge in [-0.2, -0.15) is 0 Å². The van der Waals surface area contributed by atoms with Crippen LogP contribution >= 0.6 is 0 Å². The molecule has 0 spiro atoms. The Morgan fingerprint density at radius 3 is 2.23 bits per heavy atom. The molecule has 13 heavy (non-hydrogen) atoms. The summed E-state index contributed by atoms with van der Waals surface area (Å²) in [5, 5.41) is 4.43. The van der Waals surface area contributed by atoms with E-state index < -0.39 is 11.7 Å². The van der Waals surface area contributed by atoms with Crippen molar-refractivity contribution in [3.05, 3.63) is 11.4 Å². The quantitative estimate of drug-likeness (QED) is 0.618. The van der Waals surface area contributed by atoms with Gasteiger partial charge in [-0.1, -0.05) is 0 Å². The molecular formula is C8H13FN2O2. The van der Waals surface area contributed by atoms with E-state index >= 15 is 0 Å². The Bertz CT molecular complexity index is 245. The zero-order chi connectivity index (χ0) is 10.4. The minimum atomic E-state index is -0.858. The number of rotatable bonds is 3. The summed E-state index contributed by atoms with van der Waals surface area (Å²) in [4.78, 5) is 21.5. The van der Waals surface area contributed by atoms with Crippen molar-refractivity contribution in [1.29, 1.82) is 0 Å². The lowest BCUT2D eigenvalue weighted by Gasteiger charge is -2.02. The molecule has 4 nitrogen and oxygen atoms in total. The van der Waals surface area contributed by atoms with Crippen molar-refractivity contribution in [1.82, 2.24) is 10.6 Å². The Morgan fingerprint density at radius 2 is 1.85 bits per heavy atom. The van der Waals surface area contributed by atoms with E-state index in [-0.39, 0.29) is 18.0 Å². The molecule has 0 bridgehead atoms. The van der Waals surface area contributed by atoms with E-state index in [2.05, 4.69) is 10.6 Å². The van der Waals surface area contributed by atoms with Gasteiger partial charge in [-0.05, 0) is 19.4 Å². The normalized spacial score (nSPS) is 8.92. The summed E-state index contributed by atoms with van der Waals surface area (Å²) in [5.74, 6) is -2.07. The number of likely N-dealkylation sites (N-methyl/N-ethyl adjacent to an activating group) is 1. The van der Waals surface area contributed by atoms with Gasteiger partial charge >= 0.3 is 0 Å². The number of allylic oxidation sites excluding steroid dienone is 1. The highest BCUT2D eigenvalue weighted by Crippen LogP contribution is 2.03. The molecule has 0 unspecified atom stereocenters. The van der Waals surface area contributed by atoms with Crippen LogP contribution in [-0.2, 0) is 9.59 Å². The van der Waals surface area contributed by atoms with Crippen LogP contribution in [0.2, 0.25) is 0 Å². The predicted octanol–water partition coefficient (Wildman–Crippen LogP) is 0.112. The molecule has 0 heterocycles. The number of nitrogens with one attached hydrogen (secondary N) is 2. The van der Waals surface area contributed by atoms with Crippen LogP contribution in [0.1, 0.15) is 13.8 Å². The summed E-state index contributed by atoms with van der Waals surface area (Å²) in [5.41, 5.74) is 0.286. The first-order valence-corrected chi connectivity index (χ1v) is 3.80. The second-order valence-corrected chi connectivity index (χ2v) is 2.67. The van der Waals surface area contributed by atoms with Gasteiger partial charge in [-0.15, -0.1) is 0 Å². The molecule has 0 saturated carbocycles. The van der Waals surface area contributed by atoms with Crippen LogP contribution in [0, 0.1) is 0 Å². The van der Waals surface area contributed by atoms with Gasteiger partial charge in [0, 0.05) is 7.05 Å². The number of carbonyl (C=O) groups excluding carboxylic acids is 2. The summed E-state index contributed by atoms with van der Waals surface area (Å²) in [6.07, 6.45) is 0. The minimum Gasteiger partial charge on any atom is -0.358 e. The van der Waals surface area contributed by atoms with Gasteiger partial charge in [-0.3, -0.25) is 9.59 Å². The number of hydrogen-bond acceptors (Lipinski definition) is 2. The smallest absolute Gasteiger partial charge is 0.280 e. The van der Waals surface area contributed by atoms with Crippen LogP contribution in [0.3, 0.4) is 0 Å². The average Bonchev–Trinajstić information content (AvgIpc) is 2.11. The molecule has 0 radical (unpaired) electrons. The van der Waals surface area contributed by atoms with Crippen molar-refractivity contribution < 1.29 is 14.0 Å². The molecule has 2 amide bonds. The summed E-state index contributed by atoms with van der Waals surface area (Å²) in [6, 6.07) is 0. The third-order valence-corrected chi connectivity index (χ3v) is 1.33. The summed E-state index contributed by atoms with van der Waals surface area (Å²) in [6.45, 7) is 2.75. The third kappa shape index (κ3) is 4.25. The van der Waals surface area contributed by atoms with Crippen LogP contribution in [0.5, 0.6) is 0 Å². The van der Waals surface area contributed by atoms with Gasteiger partial charge in [0.15, 0.2) is 5.83 Å². The second-order valence-electron chi connectivity index (χ2n) is 2.67. The molecular weight excluding hydrogens is 175 g/mol. The van der Waals surface area contributed by atoms with E-state index in [9.17, 15) is 14.0 Å².